The molecule has 0 fully saturated rings. The quantitative estimate of drug-likeness (QED) is 0.773. The third-order valence-electron chi connectivity index (χ3n) is 2.00. The monoisotopic (exact) mass is 389 g/mol. The highest BCUT2D eigenvalue weighted by atomic mass is 127. The Labute approximate surface area is 117 Å². The Balaban J connectivity index is 3.02. The number of nitrogens with one attached hydrogen (secondary N) is 1. The van der Waals surface area contributed by atoms with Gasteiger partial charge in [0.2, 0.25) is 10.0 Å². The molecule has 1 aromatic rings. The van der Waals surface area contributed by atoms with Crippen molar-refractivity contribution in [3.05, 3.63) is 26.8 Å². The summed E-state index contributed by atoms with van der Waals surface area (Å²) in [4.78, 5) is 10.6. The lowest BCUT2D eigenvalue weighted by atomic mass is 10.3. The molecular weight excluding hydrogens is 381 g/mol. The molecule has 0 spiro atoms. The largest absolute Gasteiger partial charge is 0.480 e. The molecular formula is C9H9ClINO4S. The highest BCUT2D eigenvalue weighted by molar-refractivity contribution is 14.1. The molecule has 1 aromatic carbocycles. The first-order valence-electron chi connectivity index (χ1n) is 4.43. The van der Waals surface area contributed by atoms with E-state index in [0.717, 1.165) is 6.92 Å². The third-order valence-corrected chi connectivity index (χ3v) is 4.76. The van der Waals surface area contributed by atoms with Crippen molar-refractivity contribution in [2.24, 2.45) is 0 Å². The highest BCUT2D eigenvalue weighted by Gasteiger charge is 2.27. The molecule has 0 amide bonds. The molecule has 17 heavy (non-hydrogen) atoms. The predicted molar refractivity (Wildman–Crippen MR) is 73.8 cm³/mol. The van der Waals surface area contributed by atoms with Gasteiger partial charge in [-0.1, -0.05) is 11.6 Å². The number of hydrogen-bond acceptors (Lipinski definition) is 3. The molecule has 0 aliphatic rings. The molecule has 0 radical (unpaired) electrons. The lowest BCUT2D eigenvalue weighted by Gasteiger charge is -2.12. The summed E-state index contributed by atoms with van der Waals surface area (Å²) in [7, 11) is -3.95. The van der Waals surface area contributed by atoms with Crippen LogP contribution in [0.4, 0.5) is 5.69 Å². The van der Waals surface area contributed by atoms with Crippen molar-refractivity contribution in [3.63, 3.8) is 0 Å². The zero-order valence-corrected chi connectivity index (χ0v) is 12.4. The molecule has 5 nitrogen and oxygen atoms in total. The minimum absolute atomic E-state index is 0.308. The molecule has 0 aromatic heterocycles. The molecule has 1 rings (SSSR count). The lowest BCUT2D eigenvalue weighted by Crippen LogP contribution is -2.32. The van der Waals surface area contributed by atoms with E-state index in [4.69, 9.17) is 16.7 Å². The standard InChI is InChI=1S/C9H9ClINO4S/c1-5(9(13)14)17(15,16)12-8-3-2-6(10)4-7(8)11/h2-5,12H,1H3,(H,13,14). The van der Waals surface area contributed by atoms with Crippen LogP contribution in [0.1, 0.15) is 6.92 Å². The molecule has 94 valence electrons. The summed E-state index contributed by atoms with van der Waals surface area (Å²) in [6.45, 7) is 1.10. The van der Waals surface area contributed by atoms with Crippen LogP contribution < -0.4 is 4.72 Å². The number of carboxylic acid groups (broad SMARTS) is 1. The summed E-state index contributed by atoms with van der Waals surface area (Å²) in [5, 5.41) is 7.62. The Morgan fingerprint density at radius 1 is 1.53 bits per heavy atom. The van der Waals surface area contributed by atoms with Crippen LogP contribution in [0.3, 0.4) is 0 Å². The van der Waals surface area contributed by atoms with Crippen LogP contribution >= 0.6 is 34.2 Å². The lowest BCUT2D eigenvalue weighted by molar-refractivity contribution is -0.136. The van der Waals surface area contributed by atoms with Gasteiger partial charge in [-0.3, -0.25) is 9.52 Å². The number of carbonyl (C=O) groups is 1. The molecule has 0 saturated heterocycles. The van der Waals surface area contributed by atoms with Crippen LogP contribution in [0.5, 0.6) is 0 Å². The molecule has 0 aliphatic carbocycles. The minimum Gasteiger partial charge on any atom is -0.480 e. The topological polar surface area (TPSA) is 83.5 Å². The van der Waals surface area contributed by atoms with Crippen molar-refractivity contribution in [2.45, 2.75) is 12.2 Å². The second kappa shape index (κ2) is 5.40. The van der Waals surface area contributed by atoms with Gasteiger partial charge in [0, 0.05) is 8.59 Å². The van der Waals surface area contributed by atoms with Crippen molar-refractivity contribution < 1.29 is 18.3 Å². The van der Waals surface area contributed by atoms with Gasteiger partial charge in [0.1, 0.15) is 0 Å². The number of rotatable bonds is 4. The van der Waals surface area contributed by atoms with Crippen molar-refractivity contribution in [3.8, 4) is 0 Å². The minimum atomic E-state index is -3.95. The Kier molecular flexibility index (Phi) is 4.62. The van der Waals surface area contributed by atoms with E-state index in [9.17, 15) is 13.2 Å². The number of aliphatic carboxylic acids is 1. The predicted octanol–water partition coefficient (Wildman–Crippen LogP) is 2.16. The summed E-state index contributed by atoms with van der Waals surface area (Å²) in [5.41, 5.74) is 0.308. The summed E-state index contributed by atoms with van der Waals surface area (Å²) in [6.07, 6.45) is 0. The van der Waals surface area contributed by atoms with Gasteiger partial charge >= 0.3 is 5.97 Å². The molecule has 8 heteroatoms. The van der Waals surface area contributed by atoms with Crippen LogP contribution in [0.15, 0.2) is 18.2 Å². The van der Waals surface area contributed by atoms with E-state index in [2.05, 4.69) is 4.72 Å². The van der Waals surface area contributed by atoms with Crippen LogP contribution in [0, 0.1) is 3.57 Å². The number of benzene rings is 1. The van der Waals surface area contributed by atoms with Gasteiger partial charge in [-0.25, -0.2) is 8.42 Å². The Bertz CT molecular complexity index is 546. The Hall–Kier alpha value is -0.540. The van der Waals surface area contributed by atoms with E-state index in [1.54, 1.807) is 6.07 Å². The molecule has 0 bridgehead atoms. The molecule has 2 N–H and O–H groups in total. The fourth-order valence-electron chi connectivity index (χ4n) is 0.947. The molecule has 0 heterocycles. The smallest absolute Gasteiger partial charge is 0.323 e. The molecule has 0 aliphatic heterocycles. The second-order valence-corrected chi connectivity index (χ2v) is 6.85. The SMILES string of the molecule is CC(C(=O)O)S(=O)(=O)Nc1ccc(Cl)cc1I. The van der Waals surface area contributed by atoms with E-state index < -0.39 is 21.2 Å². The average Bonchev–Trinajstić information content (AvgIpc) is 2.21. The zero-order chi connectivity index (χ0) is 13.2. The van der Waals surface area contributed by atoms with Crippen LogP contribution in [-0.4, -0.2) is 24.7 Å². The van der Waals surface area contributed by atoms with Crippen LogP contribution in [0.25, 0.3) is 0 Å². The van der Waals surface area contributed by atoms with Crippen molar-refractivity contribution >= 4 is 55.9 Å². The maximum absolute atomic E-state index is 11.7. The van der Waals surface area contributed by atoms with Gasteiger partial charge < -0.3 is 5.11 Å². The van der Waals surface area contributed by atoms with Gasteiger partial charge in [-0.2, -0.15) is 0 Å². The van der Waals surface area contributed by atoms with Crippen molar-refractivity contribution in [1.29, 1.82) is 0 Å². The number of hydrogen-bond donors (Lipinski definition) is 2. The maximum atomic E-state index is 11.7. The van der Waals surface area contributed by atoms with E-state index in [1.165, 1.54) is 12.1 Å². The third kappa shape index (κ3) is 3.71. The number of sulfonamides is 1. The zero-order valence-electron chi connectivity index (χ0n) is 8.65. The summed E-state index contributed by atoms with van der Waals surface area (Å²) in [6, 6.07) is 4.58. The van der Waals surface area contributed by atoms with Gasteiger partial charge in [0.05, 0.1) is 5.69 Å². The van der Waals surface area contributed by atoms with Crippen LogP contribution in [-0.2, 0) is 14.8 Å². The van der Waals surface area contributed by atoms with Gasteiger partial charge in [0.25, 0.3) is 0 Å². The normalized spacial score (nSPS) is 13.1. The van der Waals surface area contributed by atoms with E-state index in [0.29, 0.717) is 14.3 Å². The number of anilines is 1. The molecule has 0 saturated carbocycles. The van der Waals surface area contributed by atoms with Gasteiger partial charge in [0.15, 0.2) is 5.25 Å². The van der Waals surface area contributed by atoms with Crippen molar-refractivity contribution in [2.75, 3.05) is 4.72 Å². The van der Waals surface area contributed by atoms with Gasteiger partial charge in [-0.15, -0.1) is 0 Å². The average molecular weight is 390 g/mol. The van der Waals surface area contributed by atoms with Gasteiger partial charge in [-0.05, 0) is 47.7 Å². The molecule has 1 unspecified atom stereocenters. The van der Waals surface area contributed by atoms with E-state index in [1.807, 2.05) is 22.6 Å². The summed E-state index contributed by atoms with van der Waals surface area (Å²) >= 11 is 7.63. The summed E-state index contributed by atoms with van der Waals surface area (Å²) in [5.74, 6) is -1.40. The maximum Gasteiger partial charge on any atom is 0.323 e. The number of carboxylic acids is 1. The van der Waals surface area contributed by atoms with Crippen molar-refractivity contribution in [1.82, 2.24) is 0 Å². The van der Waals surface area contributed by atoms with E-state index >= 15 is 0 Å². The number of halogens is 2. The first-order valence-corrected chi connectivity index (χ1v) is 7.44. The summed E-state index contributed by atoms with van der Waals surface area (Å²) < 4.78 is 26.1. The Morgan fingerprint density at radius 3 is 2.59 bits per heavy atom. The highest BCUT2D eigenvalue weighted by Crippen LogP contribution is 2.23. The Morgan fingerprint density at radius 2 is 2.12 bits per heavy atom. The van der Waals surface area contributed by atoms with E-state index in [-0.39, 0.29) is 0 Å². The first kappa shape index (κ1) is 14.5. The first-order chi connectivity index (χ1) is 7.74. The molecule has 1 atom stereocenters. The second-order valence-electron chi connectivity index (χ2n) is 3.25. The van der Waals surface area contributed by atoms with Crippen LogP contribution in [0.2, 0.25) is 5.02 Å². The fourth-order valence-corrected chi connectivity index (χ4v) is 3.06. The fraction of sp³-hybridized carbons (Fsp3) is 0.222.